The lowest BCUT2D eigenvalue weighted by Crippen LogP contribution is -2.41. The maximum absolute atomic E-state index is 12.7. The van der Waals surface area contributed by atoms with Crippen LogP contribution < -0.4 is 0 Å². The molecule has 2 rings (SSSR count). The third-order valence-electron chi connectivity index (χ3n) is 4.73. The highest BCUT2D eigenvalue weighted by Gasteiger charge is 2.33. The average Bonchev–Trinajstić information content (AvgIpc) is 2.75. The molecule has 3 nitrogen and oxygen atoms in total. The molecule has 0 spiro atoms. The molecule has 0 aromatic heterocycles. The zero-order valence-electron chi connectivity index (χ0n) is 12.3. The van der Waals surface area contributed by atoms with Crippen LogP contribution in [0.25, 0.3) is 0 Å². The Labute approximate surface area is 117 Å². The number of likely N-dealkylation sites (tertiary alicyclic amines) is 1. The minimum absolute atomic E-state index is 0.259. The minimum Gasteiger partial charge on any atom is -0.393 e. The normalized spacial score (nSPS) is 27.9. The summed E-state index contributed by atoms with van der Waals surface area (Å²) in [6.07, 6.45) is 11.1. The van der Waals surface area contributed by atoms with Crippen molar-refractivity contribution in [2.45, 2.75) is 83.3 Å². The van der Waals surface area contributed by atoms with E-state index < -0.39 is 0 Å². The lowest BCUT2D eigenvalue weighted by Gasteiger charge is -2.30. The Morgan fingerprint density at radius 1 is 1.11 bits per heavy atom. The summed E-state index contributed by atoms with van der Waals surface area (Å²) in [5, 5.41) is 9.57. The number of aliphatic hydroxyl groups excluding tert-OH is 1. The van der Waals surface area contributed by atoms with Crippen molar-refractivity contribution in [3.05, 3.63) is 0 Å². The highest BCUT2D eigenvalue weighted by molar-refractivity contribution is 5.79. The van der Waals surface area contributed by atoms with Crippen molar-refractivity contribution in [2.75, 3.05) is 6.54 Å². The first-order valence-corrected chi connectivity index (χ1v) is 8.17. The summed E-state index contributed by atoms with van der Waals surface area (Å²) >= 11 is 0. The van der Waals surface area contributed by atoms with Crippen LogP contribution in [0.4, 0.5) is 0 Å². The second-order valence-corrected chi connectivity index (χ2v) is 6.45. The van der Waals surface area contributed by atoms with E-state index in [1.807, 2.05) is 6.92 Å². The molecule has 1 N–H and O–H groups in total. The van der Waals surface area contributed by atoms with E-state index in [-0.39, 0.29) is 18.1 Å². The van der Waals surface area contributed by atoms with Crippen LogP contribution in [-0.2, 0) is 4.79 Å². The van der Waals surface area contributed by atoms with Gasteiger partial charge in [-0.15, -0.1) is 0 Å². The van der Waals surface area contributed by atoms with E-state index in [2.05, 4.69) is 4.90 Å². The van der Waals surface area contributed by atoms with Gasteiger partial charge in [0.2, 0.25) is 5.91 Å². The van der Waals surface area contributed by atoms with Crippen LogP contribution in [0.2, 0.25) is 0 Å². The third kappa shape index (κ3) is 4.20. The molecular weight excluding hydrogens is 238 g/mol. The number of nitrogens with zero attached hydrogens (tertiary/aromatic N) is 1. The molecule has 19 heavy (non-hydrogen) atoms. The fourth-order valence-corrected chi connectivity index (χ4v) is 3.70. The molecule has 1 saturated carbocycles. The summed E-state index contributed by atoms with van der Waals surface area (Å²) in [5.74, 6) is 0.639. The highest BCUT2D eigenvalue weighted by Crippen LogP contribution is 2.29. The van der Waals surface area contributed by atoms with Crippen LogP contribution in [0, 0.1) is 5.92 Å². The predicted molar refractivity (Wildman–Crippen MR) is 76.8 cm³/mol. The summed E-state index contributed by atoms with van der Waals surface area (Å²) in [7, 11) is 0. The number of rotatable bonds is 3. The Kier molecular flexibility index (Phi) is 5.68. The SMILES string of the molecule is CC(O)CC1CCCN1C(=O)C1CCCCCCC1. The molecule has 2 aliphatic rings. The fourth-order valence-electron chi connectivity index (χ4n) is 3.70. The molecule has 1 aliphatic heterocycles. The Morgan fingerprint density at radius 2 is 1.74 bits per heavy atom. The minimum atomic E-state index is -0.296. The zero-order chi connectivity index (χ0) is 13.7. The van der Waals surface area contributed by atoms with Gasteiger partial charge in [-0.1, -0.05) is 32.1 Å². The Morgan fingerprint density at radius 3 is 2.37 bits per heavy atom. The Balaban J connectivity index is 1.92. The van der Waals surface area contributed by atoms with Crippen molar-refractivity contribution in [1.29, 1.82) is 0 Å². The fraction of sp³-hybridized carbons (Fsp3) is 0.938. The maximum atomic E-state index is 12.7. The number of carbonyl (C=O) groups is 1. The zero-order valence-corrected chi connectivity index (χ0v) is 12.3. The van der Waals surface area contributed by atoms with Gasteiger partial charge in [0.05, 0.1) is 6.10 Å². The van der Waals surface area contributed by atoms with Crippen molar-refractivity contribution in [3.63, 3.8) is 0 Å². The first-order valence-electron chi connectivity index (χ1n) is 8.17. The predicted octanol–water partition coefficient (Wildman–Crippen LogP) is 3.11. The molecule has 3 heteroatoms. The second kappa shape index (κ2) is 7.28. The van der Waals surface area contributed by atoms with Gasteiger partial charge in [-0.3, -0.25) is 4.79 Å². The Hall–Kier alpha value is -0.570. The van der Waals surface area contributed by atoms with Gasteiger partial charge in [-0.2, -0.15) is 0 Å². The van der Waals surface area contributed by atoms with E-state index in [1.165, 1.54) is 32.1 Å². The van der Waals surface area contributed by atoms with E-state index in [4.69, 9.17) is 0 Å². The molecule has 2 fully saturated rings. The summed E-state index contributed by atoms with van der Waals surface area (Å²) in [4.78, 5) is 14.8. The first-order chi connectivity index (χ1) is 9.18. The molecule has 1 aliphatic carbocycles. The number of aliphatic hydroxyl groups is 1. The van der Waals surface area contributed by atoms with E-state index >= 15 is 0 Å². The molecule has 0 aromatic carbocycles. The van der Waals surface area contributed by atoms with Gasteiger partial charge in [0.25, 0.3) is 0 Å². The molecule has 2 unspecified atom stereocenters. The van der Waals surface area contributed by atoms with E-state index in [9.17, 15) is 9.90 Å². The van der Waals surface area contributed by atoms with Crippen LogP contribution in [0.1, 0.15) is 71.1 Å². The van der Waals surface area contributed by atoms with Crippen molar-refractivity contribution in [2.24, 2.45) is 5.92 Å². The van der Waals surface area contributed by atoms with E-state index in [0.717, 1.165) is 38.6 Å². The first kappa shape index (κ1) is 14.8. The molecular formula is C16H29NO2. The summed E-state index contributed by atoms with van der Waals surface area (Å²) in [6, 6.07) is 0.290. The van der Waals surface area contributed by atoms with Gasteiger partial charge in [0.1, 0.15) is 0 Å². The quantitative estimate of drug-likeness (QED) is 0.853. The highest BCUT2D eigenvalue weighted by atomic mass is 16.3. The van der Waals surface area contributed by atoms with Crippen LogP contribution in [-0.4, -0.2) is 34.6 Å². The summed E-state index contributed by atoms with van der Waals surface area (Å²) in [6.45, 7) is 2.74. The molecule has 110 valence electrons. The largest absolute Gasteiger partial charge is 0.393 e. The van der Waals surface area contributed by atoms with Gasteiger partial charge < -0.3 is 10.0 Å². The van der Waals surface area contributed by atoms with Crippen LogP contribution >= 0.6 is 0 Å². The summed E-state index contributed by atoms with van der Waals surface area (Å²) in [5.41, 5.74) is 0. The van der Waals surface area contributed by atoms with Gasteiger partial charge in [-0.05, 0) is 39.0 Å². The monoisotopic (exact) mass is 267 g/mol. The van der Waals surface area contributed by atoms with Gasteiger partial charge in [-0.25, -0.2) is 0 Å². The average molecular weight is 267 g/mol. The molecule has 0 radical (unpaired) electrons. The van der Waals surface area contributed by atoms with Crippen LogP contribution in [0.5, 0.6) is 0 Å². The van der Waals surface area contributed by atoms with E-state index in [0.29, 0.717) is 5.91 Å². The maximum Gasteiger partial charge on any atom is 0.225 e. The third-order valence-corrected chi connectivity index (χ3v) is 4.73. The second-order valence-electron chi connectivity index (χ2n) is 6.45. The van der Waals surface area contributed by atoms with Crippen LogP contribution in [0.3, 0.4) is 0 Å². The number of amides is 1. The summed E-state index contributed by atoms with van der Waals surface area (Å²) < 4.78 is 0. The number of hydrogen-bond donors (Lipinski definition) is 1. The van der Waals surface area contributed by atoms with Gasteiger partial charge in [0.15, 0.2) is 0 Å². The topological polar surface area (TPSA) is 40.5 Å². The van der Waals surface area contributed by atoms with Crippen molar-refractivity contribution in [1.82, 2.24) is 4.90 Å². The van der Waals surface area contributed by atoms with Crippen molar-refractivity contribution in [3.8, 4) is 0 Å². The smallest absolute Gasteiger partial charge is 0.225 e. The van der Waals surface area contributed by atoms with Crippen molar-refractivity contribution >= 4 is 5.91 Å². The number of hydrogen-bond acceptors (Lipinski definition) is 2. The van der Waals surface area contributed by atoms with Crippen LogP contribution in [0.15, 0.2) is 0 Å². The van der Waals surface area contributed by atoms with E-state index in [1.54, 1.807) is 0 Å². The number of carbonyl (C=O) groups excluding carboxylic acids is 1. The van der Waals surface area contributed by atoms with Gasteiger partial charge in [0, 0.05) is 18.5 Å². The molecule has 1 heterocycles. The molecule has 1 saturated heterocycles. The Bertz CT molecular complexity index is 282. The molecule has 1 amide bonds. The lowest BCUT2D eigenvalue weighted by molar-refractivity contribution is -0.137. The van der Waals surface area contributed by atoms with Gasteiger partial charge >= 0.3 is 0 Å². The standard InChI is InChI=1S/C16H29NO2/c1-13(18)12-15-10-7-11-17(15)16(19)14-8-5-3-2-4-6-9-14/h13-15,18H,2-12H2,1H3. The molecule has 2 atom stereocenters. The molecule has 0 bridgehead atoms. The molecule has 0 aromatic rings. The van der Waals surface area contributed by atoms with Crippen molar-refractivity contribution < 1.29 is 9.90 Å². The lowest BCUT2D eigenvalue weighted by atomic mass is 9.90.